The molecule has 0 aliphatic heterocycles. The van der Waals surface area contributed by atoms with E-state index in [0.29, 0.717) is 17.8 Å². The summed E-state index contributed by atoms with van der Waals surface area (Å²) in [5.41, 5.74) is 0.636. The summed E-state index contributed by atoms with van der Waals surface area (Å²) < 4.78 is 1.49. The van der Waals surface area contributed by atoms with Gasteiger partial charge in [-0.3, -0.25) is 19.6 Å². The number of nitrogens with zero attached hydrogens (tertiary/aromatic N) is 3. The van der Waals surface area contributed by atoms with Crippen molar-refractivity contribution in [2.45, 2.75) is 60.0 Å². The molecule has 0 aliphatic carbocycles. The Kier molecular flexibility index (Phi) is 6.26. The Bertz CT molecular complexity index is 575. The van der Waals surface area contributed by atoms with Crippen molar-refractivity contribution in [3.05, 3.63) is 21.5 Å². The van der Waals surface area contributed by atoms with E-state index >= 15 is 0 Å². The SMILES string of the molecule is Cc1nn(CCC(=O)NC(CCO)C(C)(C)C)c(C)c1[N+](=O)[O-]. The highest BCUT2D eigenvalue weighted by atomic mass is 16.6. The second kappa shape index (κ2) is 7.54. The van der Waals surface area contributed by atoms with Crippen LogP contribution >= 0.6 is 0 Å². The molecular weight excluding hydrogens is 300 g/mol. The Morgan fingerprint density at radius 2 is 2.04 bits per heavy atom. The second-order valence-corrected chi connectivity index (χ2v) is 6.75. The molecule has 8 nitrogen and oxygen atoms in total. The predicted octanol–water partition coefficient (Wildman–Crippen LogP) is 1.71. The Morgan fingerprint density at radius 3 is 2.48 bits per heavy atom. The largest absolute Gasteiger partial charge is 0.396 e. The first-order valence-electron chi connectivity index (χ1n) is 7.66. The molecule has 0 radical (unpaired) electrons. The molecular formula is C15H26N4O4. The molecule has 1 aromatic heterocycles. The molecule has 23 heavy (non-hydrogen) atoms. The number of carbonyl (C=O) groups excluding carboxylic acids is 1. The minimum absolute atomic E-state index is 0.00161. The molecule has 0 saturated heterocycles. The maximum absolute atomic E-state index is 12.1. The summed E-state index contributed by atoms with van der Waals surface area (Å²) in [6, 6.07) is -0.130. The number of aliphatic hydroxyl groups excluding tert-OH is 1. The fourth-order valence-corrected chi connectivity index (χ4v) is 2.49. The average Bonchev–Trinajstić information content (AvgIpc) is 2.69. The second-order valence-electron chi connectivity index (χ2n) is 6.75. The van der Waals surface area contributed by atoms with Crippen LogP contribution < -0.4 is 5.32 Å². The molecule has 0 aromatic carbocycles. The van der Waals surface area contributed by atoms with Crippen molar-refractivity contribution in [1.29, 1.82) is 0 Å². The molecule has 0 fully saturated rings. The lowest BCUT2D eigenvalue weighted by atomic mass is 9.85. The van der Waals surface area contributed by atoms with Gasteiger partial charge in [-0.05, 0) is 25.7 Å². The molecule has 1 atom stereocenters. The van der Waals surface area contributed by atoms with Gasteiger partial charge < -0.3 is 10.4 Å². The average molecular weight is 326 g/mol. The molecule has 130 valence electrons. The van der Waals surface area contributed by atoms with Gasteiger partial charge in [-0.15, -0.1) is 0 Å². The minimum Gasteiger partial charge on any atom is -0.396 e. The molecule has 8 heteroatoms. The molecule has 2 N–H and O–H groups in total. The number of hydrogen-bond donors (Lipinski definition) is 2. The summed E-state index contributed by atoms with van der Waals surface area (Å²) in [4.78, 5) is 22.6. The number of aryl methyl sites for hydroxylation is 2. The number of aromatic nitrogens is 2. The van der Waals surface area contributed by atoms with Crippen molar-refractivity contribution < 1.29 is 14.8 Å². The molecule has 0 spiro atoms. The van der Waals surface area contributed by atoms with Gasteiger partial charge in [0, 0.05) is 19.1 Å². The van der Waals surface area contributed by atoms with Gasteiger partial charge in [0.1, 0.15) is 11.4 Å². The first-order valence-corrected chi connectivity index (χ1v) is 7.66. The number of amides is 1. The molecule has 1 aromatic rings. The quantitative estimate of drug-likeness (QED) is 0.585. The third-order valence-electron chi connectivity index (χ3n) is 3.87. The van der Waals surface area contributed by atoms with Crippen molar-refractivity contribution in [1.82, 2.24) is 15.1 Å². The lowest BCUT2D eigenvalue weighted by molar-refractivity contribution is -0.386. The zero-order valence-corrected chi connectivity index (χ0v) is 14.4. The van der Waals surface area contributed by atoms with Crippen LogP contribution in [0.5, 0.6) is 0 Å². The van der Waals surface area contributed by atoms with E-state index in [1.54, 1.807) is 13.8 Å². The maximum atomic E-state index is 12.1. The fourth-order valence-electron chi connectivity index (χ4n) is 2.49. The van der Waals surface area contributed by atoms with E-state index in [0.717, 1.165) is 0 Å². The topological polar surface area (TPSA) is 110 Å². The molecule has 0 bridgehead atoms. The van der Waals surface area contributed by atoms with Crippen LogP contribution in [0.4, 0.5) is 5.69 Å². The van der Waals surface area contributed by atoms with Crippen LogP contribution in [-0.4, -0.2) is 38.4 Å². The monoisotopic (exact) mass is 326 g/mol. The van der Waals surface area contributed by atoms with Crippen molar-refractivity contribution >= 4 is 11.6 Å². The van der Waals surface area contributed by atoms with Crippen molar-refractivity contribution in [2.75, 3.05) is 6.61 Å². The standard InChI is InChI=1S/C15H26N4O4/c1-10-14(19(22)23)11(2)18(17-10)8-6-13(21)16-12(7-9-20)15(3,4)5/h12,20H,6-9H2,1-5H3,(H,16,21). The van der Waals surface area contributed by atoms with Gasteiger partial charge in [0.05, 0.1) is 11.5 Å². The molecule has 1 amide bonds. The van der Waals surface area contributed by atoms with Crippen molar-refractivity contribution in [3.8, 4) is 0 Å². The zero-order valence-electron chi connectivity index (χ0n) is 14.4. The maximum Gasteiger partial charge on any atom is 0.312 e. The third-order valence-corrected chi connectivity index (χ3v) is 3.87. The first kappa shape index (κ1) is 19.1. The van der Waals surface area contributed by atoms with Gasteiger partial charge in [0.15, 0.2) is 0 Å². The lowest BCUT2D eigenvalue weighted by Crippen LogP contribution is -2.44. The van der Waals surface area contributed by atoms with Crippen LogP contribution in [0.15, 0.2) is 0 Å². The van der Waals surface area contributed by atoms with Crippen molar-refractivity contribution in [2.24, 2.45) is 5.41 Å². The van der Waals surface area contributed by atoms with Crippen LogP contribution in [0.2, 0.25) is 0 Å². The number of rotatable bonds is 7. The highest BCUT2D eigenvalue weighted by molar-refractivity contribution is 5.76. The highest BCUT2D eigenvalue weighted by Gasteiger charge is 2.26. The number of nitrogens with one attached hydrogen (secondary N) is 1. The highest BCUT2D eigenvalue weighted by Crippen LogP contribution is 2.23. The summed E-state index contributed by atoms with van der Waals surface area (Å²) in [5, 5.41) is 27.1. The van der Waals surface area contributed by atoms with Crippen LogP contribution in [0, 0.1) is 29.4 Å². The normalized spacial score (nSPS) is 13.0. The Labute approximate surface area is 136 Å². The van der Waals surface area contributed by atoms with Crippen LogP contribution in [0.1, 0.15) is 45.0 Å². The van der Waals surface area contributed by atoms with Crippen molar-refractivity contribution in [3.63, 3.8) is 0 Å². The van der Waals surface area contributed by atoms with Gasteiger partial charge in [0.2, 0.25) is 5.91 Å². The molecule has 1 rings (SSSR count). The number of carbonyl (C=O) groups is 1. The Morgan fingerprint density at radius 1 is 1.43 bits per heavy atom. The third kappa shape index (κ3) is 5.02. The Balaban J connectivity index is 2.70. The van der Waals surface area contributed by atoms with Gasteiger partial charge in [-0.2, -0.15) is 5.10 Å². The molecule has 1 unspecified atom stereocenters. The summed E-state index contributed by atoms with van der Waals surface area (Å²) in [6.45, 7) is 9.49. The van der Waals surface area contributed by atoms with E-state index in [-0.39, 0.29) is 42.6 Å². The molecule has 0 aliphatic rings. The minimum atomic E-state index is -0.453. The van der Waals surface area contributed by atoms with E-state index < -0.39 is 4.92 Å². The van der Waals surface area contributed by atoms with Crippen LogP contribution in [-0.2, 0) is 11.3 Å². The van der Waals surface area contributed by atoms with Gasteiger partial charge in [0.25, 0.3) is 0 Å². The van der Waals surface area contributed by atoms with Gasteiger partial charge in [-0.1, -0.05) is 20.8 Å². The molecule has 0 saturated carbocycles. The van der Waals surface area contributed by atoms with E-state index in [4.69, 9.17) is 5.11 Å². The van der Waals surface area contributed by atoms with E-state index in [1.807, 2.05) is 20.8 Å². The predicted molar refractivity (Wildman–Crippen MR) is 86.1 cm³/mol. The van der Waals surface area contributed by atoms with Gasteiger partial charge >= 0.3 is 5.69 Å². The number of hydrogen-bond acceptors (Lipinski definition) is 5. The van der Waals surface area contributed by atoms with Crippen LogP contribution in [0.3, 0.4) is 0 Å². The summed E-state index contributed by atoms with van der Waals surface area (Å²) in [6.07, 6.45) is 0.664. The van der Waals surface area contributed by atoms with Crippen LogP contribution in [0.25, 0.3) is 0 Å². The first-order chi connectivity index (χ1) is 10.6. The lowest BCUT2D eigenvalue weighted by Gasteiger charge is -2.31. The smallest absolute Gasteiger partial charge is 0.312 e. The van der Waals surface area contributed by atoms with E-state index in [2.05, 4.69) is 10.4 Å². The van der Waals surface area contributed by atoms with E-state index in [1.165, 1.54) is 4.68 Å². The van der Waals surface area contributed by atoms with E-state index in [9.17, 15) is 14.9 Å². The molecule has 1 heterocycles. The van der Waals surface area contributed by atoms with Gasteiger partial charge in [-0.25, -0.2) is 0 Å². The fraction of sp³-hybridized carbons (Fsp3) is 0.733. The number of aliphatic hydroxyl groups is 1. The number of nitro groups is 1. The Hall–Kier alpha value is -1.96. The summed E-state index contributed by atoms with van der Waals surface area (Å²) in [5.74, 6) is -0.159. The zero-order chi connectivity index (χ0) is 17.8. The summed E-state index contributed by atoms with van der Waals surface area (Å²) in [7, 11) is 0. The summed E-state index contributed by atoms with van der Waals surface area (Å²) >= 11 is 0.